The molecule has 0 bridgehead atoms. The van der Waals surface area contributed by atoms with Gasteiger partial charge in [-0.2, -0.15) is 0 Å². The van der Waals surface area contributed by atoms with Gasteiger partial charge in [-0.15, -0.1) is 0 Å². The molecule has 1 aromatic heterocycles. The maximum Gasteiger partial charge on any atom is 0.251 e. The van der Waals surface area contributed by atoms with Crippen LogP contribution in [0.15, 0.2) is 81.1 Å². The first-order chi connectivity index (χ1) is 15.1. The molecule has 4 aromatic rings. The van der Waals surface area contributed by atoms with Crippen LogP contribution in [0, 0.1) is 5.82 Å². The third-order valence-electron chi connectivity index (χ3n) is 5.01. The van der Waals surface area contributed by atoms with Gasteiger partial charge in [0.05, 0.1) is 0 Å². The van der Waals surface area contributed by atoms with Gasteiger partial charge in [0.2, 0.25) is 5.89 Å². The summed E-state index contributed by atoms with van der Waals surface area (Å²) < 4.78 is 19.5. The highest BCUT2D eigenvalue weighted by atomic mass is 35.5. The molecule has 0 unspecified atom stereocenters. The molecular weight excluding hydrogens is 435 g/mol. The van der Waals surface area contributed by atoms with Crippen molar-refractivity contribution in [1.82, 2.24) is 10.3 Å². The zero-order valence-electron chi connectivity index (χ0n) is 16.2. The number of hydrogen-bond acceptors (Lipinski definition) is 4. The first-order valence-corrected chi connectivity index (χ1v) is 10.9. The smallest absolute Gasteiger partial charge is 0.251 e. The molecule has 0 radical (unpaired) electrons. The highest BCUT2D eigenvalue weighted by Crippen LogP contribution is 2.40. The number of hydrogen-bond donors (Lipinski definition) is 1. The number of halogens is 2. The number of carbonyl (C=O) groups is 1. The van der Waals surface area contributed by atoms with Crippen LogP contribution < -0.4 is 5.32 Å². The third-order valence-corrected chi connectivity index (χ3v) is 6.24. The molecule has 1 amide bonds. The SMILES string of the molecule is O=C1NCCc2cc(-c3nc(-c4ccc(F)cc4)oc3Sc3ccc(Cl)cc3)ccc21. The average molecular weight is 451 g/mol. The molecule has 154 valence electrons. The van der Waals surface area contributed by atoms with Gasteiger partial charge in [-0.05, 0) is 84.4 Å². The summed E-state index contributed by atoms with van der Waals surface area (Å²) in [4.78, 5) is 17.8. The monoisotopic (exact) mass is 450 g/mol. The second-order valence-electron chi connectivity index (χ2n) is 7.10. The molecule has 3 aromatic carbocycles. The molecule has 5 rings (SSSR count). The zero-order valence-corrected chi connectivity index (χ0v) is 17.8. The van der Waals surface area contributed by atoms with E-state index >= 15 is 0 Å². The summed E-state index contributed by atoms with van der Waals surface area (Å²) in [7, 11) is 0. The van der Waals surface area contributed by atoms with Gasteiger partial charge in [-0.25, -0.2) is 9.37 Å². The second kappa shape index (κ2) is 8.21. The van der Waals surface area contributed by atoms with E-state index in [4.69, 9.17) is 21.0 Å². The van der Waals surface area contributed by atoms with E-state index in [1.165, 1.54) is 23.9 Å². The molecule has 31 heavy (non-hydrogen) atoms. The Bertz CT molecular complexity index is 1270. The molecular formula is C24H16ClFN2O2S. The van der Waals surface area contributed by atoms with Crippen LogP contribution in [0.1, 0.15) is 15.9 Å². The summed E-state index contributed by atoms with van der Waals surface area (Å²) in [5, 5.41) is 4.13. The number of benzene rings is 3. The molecule has 0 atom stereocenters. The van der Waals surface area contributed by atoms with Gasteiger partial charge in [0.1, 0.15) is 11.5 Å². The number of oxazole rings is 1. The summed E-state index contributed by atoms with van der Waals surface area (Å²) in [5.41, 5.74) is 3.89. The summed E-state index contributed by atoms with van der Waals surface area (Å²) in [5.74, 6) is 0.0249. The fraction of sp³-hybridized carbons (Fsp3) is 0.0833. The van der Waals surface area contributed by atoms with E-state index in [9.17, 15) is 9.18 Å². The fourth-order valence-corrected chi connectivity index (χ4v) is 4.45. The molecule has 1 aliphatic heterocycles. The van der Waals surface area contributed by atoms with Crippen molar-refractivity contribution in [1.29, 1.82) is 0 Å². The molecule has 0 saturated carbocycles. The first kappa shape index (κ1) is 19.8. The summed E-state index contributed by atoms with van der Waals surface area (Å²) in [6.07, 6.45) is 0.761. The highest BCUT2D eigenvalue weighted by Gasteiger charge is 2.21. The number of carbonyl (C=O) groups excluding carboxylic acids is 1. The van der Waals surface area contributed by atoms with E-state index < -0.39 is 0 Å². The van der Waals surface area contributed by atoms with Gasteiger partial charge in [0, 0.05) is 33.2 Å². The van der Waals surface area contributed by atoms with Crippen molar-refractivity contribution >= 4 is 29.3 Å². The highest BCUT2D eigenvalue weighted by molar-refractivity contribution is 7.99. The molecule has 2 heterocycles. The van der Waals surface area contributed by atoms with Crippen LogP contribution in [-0.4, -0.2) is 17.4 Å². The molecule has 1 aliphatic rings. The maximum atomic E-state index is 13.4. The Balaban J connectivity index is 1.59. The van der Waals surface area contributed by atoms with Crippen molar-refractivity contribution in [3.05, 3.63) is 88.7 Å². The van der Waals surface area contributed by atoms with Crippen LogP contribution in [0.5, 0.6) is 0 Å². The molecule has 4 nitrogen and oxygen atoms in total. The van der Waals surface area contributed by atoms with E-state index in [0.29, 0.717) is 39.4 Å². The van der Waals surface area contributed by atoms with E-state index in [0.717, 1.165) is 22.4 Å². The van der Waals surface area contributed by atoms with Gasteiger partial charge in [0.15, 0.2) is 5.09 Å². The number of nitrogens with one attached hydrogen (secondary N) is 1. The molecule has 1 N–H and O–H groups in total. The number of aromatic nitrogens is 1. The Morgan fingerprint density at radius 2 is 1.74 bits per heavy atom. The van der Waals surface area contributed by atoms with Gasteiger partial charge in [-0.1, -0.05) is 17.7 Å². The van der Waals surface area contributed by atoms with Crippen LogP contribution in [0.3, 0.4) is 0 Å². The molecule has 7 heteroatoms. The quantitative estimate of drug-likeness (QED) is 0.400. The lowest BCUT2D eigenvalue weighted by Gasteiger charge is -2.16. The average Bonchev–Trinajstić information content (AvgIpc) is 3.19. The minimum Gasteiger partial charge on any atom is -0.429 e. The fourth-order valence-electron chi connectivity index (χ4n) is 3.46. The predicted octanol–water partition coefficient (Wildman–Crippen LogP) is 6.24. The summed E-state index contributed by atoms with van der Waals surface area (Å²) >= 11 is 7.44. The molecule has 0 saturated heterocycles. The van der Waals surface area contributed by atoms with Crippen molar-refractivity contribution < 1.29 is 13.6 Å². The summed E-state index contributed by atoms with van der Waals surface area (Å²) in [6.45, 7) is 0.612. The maximum absolute atomic E-state index is 13.4. The summed E-state index contributed by atoms with van der Waals surface area (Å²) in [6, 6.07) is 19.2. The third kappa shape index (κ3) is 4.09. The Morgan fingerprint density at radius 1 is 1.00 bits per heavy atom. The topological polar surface area (TPSA) is 55.1 Å². The van der Waals surface area contributed by atoms with E-state index in [1.54, 1.807) is 12.1 Å². The van der Waals surface area contributed by atoms with E-state index in [1.807, 2.05) is 42.5 Å². The number of rotatable bonds is 4. The number of amides is 1. The van der Waals surface area contributed by atoms with Gasteiger partial charge < -0.3 is 9.73 Å². The largest absolute Gasteiger partial charge is 0.429 e. The van der Waals surface area contributed by atoms with Gasteiger partial charge in [-0.3, -0.25) is 4.79 Å². The van der Waals surface area contributed by atoms with Crippen LogP contribution in [0.4, 0.5) is 4.39 Å². The van der Waals surface area contributed by atoms with Crippen LogP contribution in [0.2, 0.25) is 5.02 Å². The predicted molar refractivity (Wildman–Crippen MR) is 119 cm³/mol. The van der Waals surface area contributed by atoms with Crippen LogP contribution in [0.25, 0.3) is 22.7 Å². The van der Waals surface area contributed by atoms with Crippen LogP contribution in [-0.2, 0) is 6.42 Å². The van der Waals surface area contributed by atoms with Crippen molar-refractivity contribution in [2.75, 3.05) is 6.54 Å². The van der Waals surface area contributed by atoms with Crippen LogP contribution >= 0.6 is 23.4 Å². The lowest BCUT2D eigenvalue weighted by molar-refractivity contribution is 0.0946. The van der Waals surface area contributed by atoms with E-state index in [2.05, 4.69) is 5.32 Å². The Morgan fingerprint density at radius 3 is 2.52 bits per heavy atom. The Hall–Kier alpha value is -3.09. The second-order valence-corrected chi connectivity index (χ2v) is 8.58. The van der Waals surface area contributed by atoms with Crippen molar-refractivity contribution in [2.45, 2.75) is 16.4 Å². The van der Waals surface area contributed by atoms with Crippen molar-refractivity contribution in [2.24, 2.45) is 0 Å². The lowest BCUT2D eigenvalue weighted by Crippen LogP contribution is -2.31. The van der Waals surface area contributed by atoms with Gasteiger partial charge in [0.25, 0.3) is 5.91 Å². The zero-order chi connectivity index (χ0) is 21.4. The van der Waals surface area contributed by atoms with E-state index in [-0.39, 0.29) is 11.7 Å². The lowest BCUT2D eigenvalue weighted by atomic mass is 9.97. The normalized spacial score (nSPS) is 13.0. The number of fused-ring (bicyclic) bond motifs is 1. The Kier molecular flexibility index (Phi) is 5.26. The minimum atomic E-state index is -0.320. The molecule has 0 spiro atoms. The minimum absolute atomic E-state index is 0.0595. The van der Waals surface area contributed by atoms with Crippen molar-refractivity contribution in [3.8, 4) is 22.7 Å². The number of nitrogens with zero attached hydrogens (tertiary/aromatic N) is 1. The van der Waals surface area contributed by atoms with Gasteiger partial charge >= 0.3 is 0 Å². The van der Waals surface area contributed by atoms with Crippen molar-refractivity contribution in [3.63, 3.8) is 0 Å². The Labute approximate surface area is 187 Å². The molecule has 0 aliphatic carbocycles. The standard InChI is InChI=1S/C24H16ClFN2O2S/c25-17-4-8-19(9-5-17)31-24-21(28-23(30-24)14-1-6-18(26)7-2-14)16-3-10-20-15(13-16)11-12-27-22(20)29/h1-10,13H,11-12H2,(H,27,29). The molecule has 0 fully saturated rings. The first-order valence-electron chi connectivity index (χ1n) is 9.68.